The fraction of sp³-hybridized carbons (Fsp3) is 0.467. The molecule has 0 bridgehead atoms. The van der Waals surface area contributed by atoms with Crippen molar-refractivity contribution in [2.75, 3.05) is 17.7 Å². The predicted octanol–water partition coefficient (Wildman–Crippen LogP) is 2.54. The van der Waals surface area contributed by atoms with Crippen molar-refractivity contribution in [2.45, 2.75) is 39.3 Å². The zero-order valence-corrected chi connectivity index (χ0v) is 12.8. The summed E-state index contributed by atoms with van der Waals surface area (Å²) in [6, 6.07) is 9.75. The topological polar surface area (TPSA) is 78.0 Å². The van der Waals surface area contributed by atoms with E-state index < -0.39 is 0 Å². The molecule has 1 heterocycles. The summed E-state index contributed by atoms with van der Waals surface area (Å²) in [7, 11) is 0. The van der Waals surface area contributed by atoms with Gasteiger partial charge in [-0.05, 0) is 32.9 Å². The third-order valence-electron chi connectivity index (χ3n) is 2.71. The summed E-state index contributed by atoms with van der Waals surface area (Å²) in [5, 5.41) is 7.56. The van der Waals surface area contributed by atoms with Crippen LogP contribution in [0.15, 0.2) is 30.3 Å². The first kappa shape index (κ1) is 15.2. The zero-order valence-electron chi connectivity index (χ0n) is 12.8. The van der Waals surface area contributed by atoms with Crippen molar-refractivity contribution in [1.82, 2.24) is 14.8 Å². The summed E-state index contributed by atoms with van der Waals surface area (Å²) in [6.45, 7) is 7.45. The molecular weight excluding hydrogens is 266 g/mol. The van der Waals surface area contributed by atoms with Crippen LogP contribution in [0.5, 0.6) is 5.75 Å². The summed E-state index contributed by atoms with van der Waals surface area (Å²) in [5.74, 6) is 1.85. The Balaban J connectivity index is 1.81. The van der Waals surface area contributed by atoms with E-state index in [1.54, 1.807) is 4.68 Å². The van der Waals surface area contributed by atoms with Crippen molar-refractivity contribution in [2.24, 2.45) is 0 Å². The average molecular weight is 289 g/mol. The third-order valence-corrected chi connectivity index (χ3v) is 2.71. The Bertz CT molecular complexity index is 559. The van der Waals surface area contributed by atoms with Crippen LogP contribution in [0.3, 0.4) is 0 Å². The van der Waals surface area contributed by atoms with Gasteiger partial charge in [0.1, 0.15) is 5.75 Å². The van der Waals surface area contributed by atoms with Gasteiger partial charge >= 0.3 is 0 Å². The predicted molar refractivity (Wildman–Crippen MR) is 84.4 cm³/mol. The summed E-state index contributed by atoms with van der Waals surface area (Å²) < 4.78 is 7.33. The van der Waals surface area contributed by atoms with Crippen LogP contribution in [0.25, 0.3) is 0 Å². The van der Waals surface area contributed by atoms with Crippen LogP contribution in [0.2, 0.25) is 0 Å². The maximum atomic E-state index is 5.86. The molecule has 1 aromatic carbocycles. The normalized spacial score (nSPS) is 11.4. The molecule has 0 saturated carbocycles. The lowest BCUT2D eigenvalue weighted by atomic mass is 10.1. The fourth-order valence-electron chi connectivity index (χ4n) is 1.83. The van der Waals surface area contributed by atoms with E-state index in [-0.39, 0.29) is 5.54 Å². The second kappa shape index (κ2) is 6.47. The Morgan fingerprint density at radius 3 is 2.62 bits per heavy atom. The van der Waals surface area contributed by atoms with Crippen molar-refractivity contribution in [3.05, 3.63) is 30.3 Å². The number of aromatic nitrogens is 3. The van der Waals surface area contributed by atoms with E-state index in [4.69, 9.17) is 10.5 Å². The van der Waals surface area contributed by atoms with Gasteiger partial charge in [0.05, 0.1) is 6.61 Å². The van der Waals surface area contributed by atoms with Crippen molar-refractivity contribution < 1.29 is 4.74 Å². The first-order chi connectivity index (χ1) is 9.94. The molecule has 21 heavy (non-hydrogen) atoms. The Labute approximate surface area is 125 Å². The summed E-state index contributed by atoms with van der Waals surface area (Å²) in [6.07, 6.45) is 0.817. The molecule has 0 aliphatic heterocycles. The Hall–Kier alpha value is -2.24. The fourth-order valence-corrected chi connectivity index (χ4v) is 1.83. The van der Waals surface area contributed by atoms with E-state index in [9.17, 15) is 0 Å². The number of anilines is 2. The largest absolute Gasteiger partial charge is 0.494 e. The molecule has 0 aliphatic carbocycles. The minimum Gasteiger partial charge on any atom is -0.494 e. The first-order valence-electron chi connectivity index (χ1n) is 7.10. The van der Waals surface area contributed by atoms with Crippen molar-refractivity contribution >= 4 is 11.9 Å². The van der Waals surface area contributed by atoms with Crippen LogP contribution in [-0.2, 0) is 6.54 Å². The van der Waals surface area contributed by atoms with E-state index in [1.165, 1.54) is 0 Å². The summed E-state index contributed by atoms with van der Waals surface area (Å²) in [5.41, 5.74) is 5.77. The van der Waals surface area contributed by atoms with Crippen molar-refractivity contribution in [1.29, 1.82) is 0 Å². The van der Waals surface area contributed by atoms with Gasteiger partial charge in [-0.2, -0.15) is 4.98 Å². The van der Waals surface area contributed by atoms with Gasteiger partial charge < -0.3 is 15.8 Å². The molecule has 114 valence electrons. The number of benzene rings is 1. The van der Waals surface area contributed by atoms with E-state index in [2.05, 4.69) is 36.2 Å². The highest BCUT2D eigenvalue weighted by molar-refractivity contribution is 5.33. The minimum absolute atomic E-state index is 0.0883. The van der Waals surface area contributed by atoms with E-state index in [0.717, 1.165) is 12.2 Å². The van der Waals surface area contributed by atoms with Gasteiger partial charge in [0.2, 0.25) is 11.9 Å². The van der Waals surface area contributed by atoms with Crippen LogP contribution in [-0.4, -0.2) is 26.9 Å². The molecule has 6 nitrogen and oxygen atoms in total. The molecule has 0 amide bonds. The molecule has 1 aromatic heterocycles. The molecule has 2 rings (SSSR count). The van der Waals surface area contributed by atoms with E-state index in [0.29, 0.717) is 25.0 Å². The molecule has 0 spiro atoms. The van der Waals surface area contributed by atoms with Gasteiger partial charge in [-0.1, -0.05) is 18.2 Å². The van der Waals surface area contributed by atoms with Crippen LogP contribution < -0.4 is 15.8 Å². The number of nitrogen functional groups attached to an aromatic ring is 1. The molecule has 0 atom stereocenters. The summed E-state index contributed by atoms with van der Waals surface area (Å²) >= 11 is 0. The Kier molecular flexibility index (Phi) is 4.67. The number of hydrogen-bond acceptors (Lipinski definition) is 5. The van der Waals surface area contributed by atoms with Gasteiger partial charge in [0.25, 0.3) is 0 Å². The van der Waals surface area contributed by atoms with Crippen LogP contribution >= 0.6 is 0 Å². The lowest BCUT2D eigenvalue weighted by Gasteiger charge is -2.18. The molecule has 0 fully saturated rings. The van der Waals surface area contributed by atoms with E-state index >= 15 is 0 Å². The molecule has 0 saturated heterocycles. The number of nitrogens with zero attached hydrogens (tertiary/aromatic N) is 3. The van der Waals surface area contributed by atoms with Gasteiger partial charge in [-0.3, -0.25) is 0 Å². The highest BCUT2D eigenvalue weighted by Gasteiger charge is 2.14. The number of nitrogens with one attached hydrogen (secondary N) is 1. The highest BCUT2D eigenvalue weighted by Crippen LogP contribution is 2.13. The zero-order chi connectivity index (χ0) is 15.3. The van der Waals surface area contributed by atoms with Gasteiger partial charge in [0.15, 0.2) is 0 Å². The quantitative estimate of drug-likeness (QED) is 0.799. The second-order valence-electron chi connectivity index (χ2n) is 5.91. The molecule has 3 N–H and O–H groups in total. The average Bonchev–Trinajstić information content (AvgIpc) is 2.74. The lowest BCUT2D eigenvalue weighted by Crippen LogP contribution is -2.26. The number of nitrogens with two attached hydrogens (primary N) is 1. The van der Waals surface area contributed by atoms with E-state index in [1.807, 2.05) is 30.3 Å². The SMILES string of the molecule is CC(C)(C)Nc1nc(N)n(CCCOc2ccccc2)n1. The van der Waals surface area contributed by atoms with Crippen molar-refractivity contribution in [3.63, 3.8) is 0 Å². The first-order valence-corrected chi connectivity index (χ1v) is 7.10. The monoisotopic (exact) mass is 289 g/mol. The standard InChI is InChI=1S/C15H23N5O/c1-15(2,3)18-14-17-13(16)20(19-14)10-7-11-21-12-8-5-4-6-9-12/h4-6,8-9H,7,10-11H2,1-3H3,(H3,16,17,18,19). The molecule has 2 aromatic rings. The molecule has 0 unspecified atom stereocenters. The number of para-hydroxylation sites is 1. The maximum absolute atomic E-state index is 5.86. The molecule has 6 heteroatoms. The summed E-state index contributed by atoms with van der Waals surface area (Å²) in [4.78, 5) is 4.21. The second-order valence-corrected chi connectivity index (χ2v) is 5.91. The molecule has 0 aliphatic rings. The van der Waals surface area contributed by atoms with Gasteiger partial charge in [-0.15, -0.1) is 5.10 Å². The van der Waals surface area contributed by atoms with Gasteiger partial charge in [0, 0.05) is 18.5 Å². The van der Waals surface area contributed by atoms with Gasteiger partial charge in [-0.25, -0.2) is 4.68 Å². The van der Waals surface area contributed by atoms with Crippen LogP contribution in [0, 0.1) is 0 Å². The number of hydrogen-bond donors (Lipinski definition) is 2. The van der Waals surface area contributed by atoms with Crippen molar-refractivity contribution in [3.8, 4) is 5.75 Å². The lowest BCUT2D eigenvalue weighted by molar-refractivity contribution is 0.299. The molecular formula is C15H23N5O. The Morgan fingerprint density at radius 1 is 1.24 bits per heavy atom. The smallest absolute Gasteiger partial charge is 0.244 e. The Morgan fingerprint density at radius 2 is 1.95 bits per heavy atom. The van der Waals surface area contributed by atoms with Crippen LogP contribution in [0.4, 0.5) is 11.9 Å². The molecule has 0 radical (unpaired) electrons. The third kappa shape index (κ3) is 4.98. The number of ether oxygens (including phenoxy) is 1. The van der Waals surface area contributed by atoms with Crippen LogP contribution in [0.1, 0.15) is 27.2 Å². The highest BCUT2D eigenvalue weighted by atomic mass is 16.5. The maximum Gasteiger partial charge on any atom is 0.244 e. The number of rotatable bonds is 6. The number of aryl methyl sites for hydroxylation is 1. The minimum atomic E-state index is -0.0883.